The van der Waals surface area contributed by atoms with Crippen LogP contribution >= 0.6 is 0 Å². The summed E-state index contributed by atoms with van der Waals surface area (Å²) in [5.41, 5.74) is 12.1. The predicted molar refractivity (Wildman–Crippen MR) is 73.6 cm³/mol. The Morgan fingerprint density at radius 3 is 2.84 bits per heavy atom. The van der Waals surface area contributed by atoms with Gasteiger partial charge >= 0.3 is 0 Å². The lowest BCUT2D eigenvalue weighted by Crippen LogP contribution is -2.49. The normalized spacial score (nSPS) is 23.4. The number of nitrogens with zero attached hydrogens (tertiary/aromatic N) is 1. The molecule has 4 N–H and O–H groups in total. The molecule has 1 aliphatic heterocycles. The van der Waals surface area contributed by atoms with Crippen LogP contribution in [0.1, 0.15) is 36.5 Å². The lowest BCUT2D eigenvalue weighted by molar-refractivity contribution is 0.1000. The van der Waals surface area contributed by atoms with Crippen LogP contribution in [0.5, 0.6) is 0 Å². The number of hydrogen-bond acceptors (Lipinski definition) is 3. The van der Waals surface area contributed by atoms with E-state index in [0.29, 0.717) is 12.2 Å². The number of benzene rings is 1. The predicted octanol–water partition coefficient (Wildman–Crippen LogP) is 1.63. The van der Waals surface area contributed by atoms with Gasteiger partial charge < -0.3 is 16.4 Å². The maximum absolute atomic E-state index is 13.3. The maximum Gasteiger partial charge on any atom is 0.250 e. The second-order valence-corrected chi connectivity index (χ2v) is 5.10. The van der Waals surface area contributed by atoms with Gasteiger partial charge in [0.1, 0.15) is 5.82 Å². The molecule has 0 aromatic heterocycles. The van der Waals surface area contributed by atoms with E-state index in [-0.39, 0.29) is 17.6 Å². The van der Waals surface area contributed by atoms with Crippen LogP contribution in [0.15, 0.2) is 18.2 Å². The van der Waals surface area contributed by atoms with Crippen molar-refractivity contribution in [3.63, 3.8) is 0 Å². The van der Waals surface area contributed by atoms with Crippen LogP contribution in [0.4, 0.5) is 10.1 Å². The third-order valence-corrected chi connectivity index (χ3v) is 3.80. The number of nitrogens with two attached hydrogens (primary N) is 2. The molecular weight excluding hydrogens is 245 g/mol. The molecule has 1 fully saturated rings. The van der Waals surface area contributed by atoms with Crippen molar-refractivity contribution in [2.24, 2.45) is 11.5 Å². The number of anilines is 1. The zero-order valence-corrected chi connectivity index (χ0v) is 11.1. The van der Waals surface area contributed by atoms with Gasteiger partial charge in [-0.2, -0.15) is 0 Å². The van der Waals surface area contributed by atoms with Gasteiger partial charge in [0.25, 0.3) is 5.91 Å². The van der Waals surface area contributed by atoms with Crippen molar-refractivity contribution in [1.82, 2.24) is 0 Å². The molecule has 1 aliphatic rings. The Hall–Kier alpha value is -1.62. The molecule has 1 saturated heterocycles. The average Bonchev–Trinajstić information content (AvgIpc) is 2.38. The van der Waals surface area contributed by atoms with E-state index in [9.17, 15) is 9.18 Å². The van der Waals surface area contributed by atoms with Crippen molar-refractivity contribution in [3.8, 4) is 0 Å². The van der Waals surface area contributed by atoms with Crippen LogP contribution in [0.3, 0.4) is 0 Å². The van der Waals surface area contributed by atoms with E-state index in [2.05, 4.69) is 11.8 Å². The summed E-state index contributed by atoms with van der Waals surface area (Å²) < 4.78 is 13.3. The van der Waals surface area contributed by atoms with Crippen LogP contribution in [0, 0.1) is 5.82 Å². The highest BCUT2D eigenvalue weighted by molar-refractivity contribution is 5.98. The minimum Gasteiger partial charge on any atom is -0.366 e. The summed E-state index contributed by atoms with van der Waals surface area (Å²) in [7, 11) is 0. The number of amides is 1. The highest BCUT2D eigenvalue weighted by Gasteiger charge is 2.29. The third kappa shape index (κ3) is 2.71. The molecule has 0 saturated carbocycles. The molecule has 1 aromatic carbocycles. The number of halogens is 1. The Kier molecular flexibility index (Phi) is 4.04. The summed E-state index contributed by atoms with van der Waals surface area (Å²) in [5.74, 6) is -1.06. The summed E-state index contributed by atoms with van der Waals surface area (Å²) in [4.78, 5) is 13.6. The molecule has 0 spiro atoms. The first-order valence-electron chi connectivity index (χ1n) is 6.62. The van der Waals surface area contributed by atoms with Crippen molar-refractivity contribution < 1.29 is 9.18 Å². The summed E-state index contributed by atoms with van der Waals surface area (Å²) in [6, 6.07) is 4.63. The van der Waals surface area contributed by atoms with E-state index in [0.717, 1.165) is 19.3 Å². The summed E-state index contributed by atoms with van der Waals surface area (Å²) in [6.07, 6.45) is 3.13. The second-order valence-electron chi connectivity index (χ2n) is 5.10. The number of carbonyl (C=O) groups is 1. The lowest BCUT2D eigenvalue weighted by Gasteiger charge is -2.42. The van der Waals surface area contributed by atoms with Gasteiger partial charge in [-0.1, -0.05) is 0 Å². The molecule has 2 atom stereocenters. The van der Waals surface area contributed by atoms with E-state index in [1.54, 1.807) is 6.07 Å². The van der Waals surface area contributed by atoms with Crippen LogP contribution in [0.25, 0.3) is 0 Å². The van der Waals surface area contributed by atoms with E-state index < -0.39 is 11.7 Å². The molecule has 1 aromatic rings. The first-order valence-corrected chi connectivity index (χ1v) is 6.62. The second kappa shape index (κ2) is 5.57. The standard InChI is InChI=1S/C14H20FN3O/c1-9-3-2-4-11(8-16)18(9)13-6-5-10(15)7-12(13)14(17)19/h5-7,9,11H,2-4,8,16H2,1H3,(H2,17,19). The van der Waals surface area contributed by atoms with Crippen LogP contribution in [-0.4, -0.2) is 24.5 Å². The molecule has 104 valence electrons. The van der Waals surface area contributed by atoms with Crippen LogP contribution < -0.4 is 16.4 Å². The van der Waals surface area contributed by atoms with Gasteiger partial charge in [-0.05, 0) is 44.4 Å². The topological polar surface area (TPSA) is 72.3 Å². The summed E-state index contributed by atoms with van der Waals surface area (Å²) >= 11 is 0. The van der Waals surface area contributed by atoms with Crippen molar-refractivity contribution in [2.75, 3.05) is 11.4 Å². The minimum atomic E-state index is -0.608. The quantitative estimate of drug-likeness (QED) is 0.872. The number of piperidine rings is 1. The molecule has 4 nitrogen and oxygen atoms in total. The Morgan fingerprint density at radius 1 is 1.47 bits per heavy atom. The van der Waals surface area contributed by atoms with Gasteiger partial charge in [0.15, 0.2) is 0 Å². The molecule has 2 rings (SSSR count). The molecule has 0 aliphatic carbocycles. The minimum absolute atomic E-state index is 0.173. The number of hydrogen-bond donors (Lipinski definition) is 2. The van der Waals surface area contributed by atoms with Crippen molar-refractivity contribution in [3.05, 3.63) is 29.6 Å². The third-order valence-electron chi connectivity index (χ3n) is 3.80. The Balaban J connectivity index is 2.46. The molecule has 1 heterocycles. The molecule has 19 heavy (non-hydrogen) atoms. The first-order chi connectivity index (χ1) is 9.04. The fourth-order valence-electron chi connectivity index (χ4n) is 2.88. The Bertz CT molecular complexity index is 478. The van der Waals surface area contributed by atoms with Crippen molar-refractivity contribution >= 4 is 11.6 Å². The fourth-order valence-corrected chi connectivity index (χ4v) is 2.88. The summed E-state index contributed by atoms with van der Waals surface area (Å²) in [6.45, 7) is 2.61. The lowest BCUT2D eigenvalue weighted by atomic mass is 9.94. The SMILES string of the molecule is CC1CCCC(CN)N1c1ccc(F)cc1C(N)=O. The number of rotatable bonds is 3. The van der Waals surface area contributed by atoms with Gasteiger partial charge in [0.2, 0.25) is 0 Å². The smallest absolute Gasteiger partial charge is 0.250 e. The summed E-state index contributed by atoms with van der Waals surface area (Å²) in [5, 5.41) is 0. The van der Waals surface area contributed by atoms with Crippen molar-refractivity contribution in [2.45, 2.75) is 38.3 Å². The van der Waals surface area contributed by atoms with Crippen LogP contribution in [0.2, 0.25) is 0 Å². The fraction of sp³-hybridized carbons (Fsp3) is 0.500. The van der Waals surface area contributed by atoms with Crippen LogP contribution in [-0.2, 0) is 0 Å². The Morgan fingerprint density at radius 2 is 2.21 bits per heavy atom. The first kappa shape index (κ1) is 13.8. The average molecular weight is 265 g/mol. The molecule has 0 bridgehead atoms. The zero-order chi connectivity index (χ0) is 14.0. The van der Waals surface area contributed by atoms with E-state index in [4.69, 9.17) is 11.5 Å². The maximum atomic E-state index is 13.3. The number of primary amides is 1. The highest BCUT2D eigenvalue weighted by Crippen LogP contribution is 2.31. The van der Waals surface area contributed by atoms with E-state index in [1.165, 1.54) is 12.1 Å². The molecule has 5 heteroatoms. The molecule has 2 unspecified atom stereocenters. The van der Waals surface area contributed by atoms with Crippen molar-refractivity contribution in [1.29, 1.82) is 0 Å². The molecular formula is C14H20FN3O. The van der Waals surface area contributed by atoms with Gasteiger partial charge in [-0.25, -0.2) is 4.39 Å². The Labute approximate surface area is 112 Å². The van der Waals surface area contributed by atoms with E-state index in [1.807, 2.05) is 0 Å². The van der Waals surface area contributed by atoms with Gasteiger partial charge in [0.05, 0.1) is 11.3 Å². The molecule has 1 amide bonds. The monoisotopic (exact) mass is 265 g/mol. The largest absolute Gasteiger partial charge is 0.366 e. The van der Waals surface area contributed by atoms with E-state index >= 15 is 0 Å². The van der Waals surface area contributed by atoms with Gasteiger partial charge in [0, 0.05) is 18.6 Å². The van der Waals surface area contributed by atoms with Gasteiger partial charge in [-0.3, -0.25) is 4.79 Å². The van der Waals surface area contributed by atoms with Gasteiger partial charge in [-0.15, -0.1) is 0 Å². The number of carbonyl (C=O) groups excluding carboxylic acids is 1. The zero-order valence-electron chi connectivity index (χ0n) is 11.1. The molecule has 0 radical (unpaired) electrons. The highest BCUT2D eigenvalue weighted by atomic mass is 19.1.